The van der Waals surface area contributed by atoms with Crippen LogP contribution in [0.4, 0.5) is 0 Å². The van der Waals surface area contributed by atoms with Gasteiger partial charge in [-0.05, 0) is 55.8 Å². The van der Waals surface area contributed by atoms with E-state index in [0.29, 0.717) is 11.7 Å². The second-order valence-corrected chi connectivity index (χ2v) is 7.50. The fraction of sp³-hybridized carbons (Fsp3) is 0.300. The van der Waals surface area contributed by atoms with Crippen molar-refractivity contribution in [1.29, 1.82) is 0 Å². The van der Waals surface area contributed by atoms with E-state index in [1.54, 1.807) is 4.68 Å². The lowest BCUT2D eigenvalue weighted by atomic mass is 10.1. The highest BCUT2D eigenvalue weighted by molar-refractivity contribution is 7.99. The Hall–Kier alpha value is -2.67. The Bertz CT molecular complexity index is 1000. The molecule has 3 rings (SSSR count). The first kappa shape index (κ1) is 19.1. The van der Waals surface area contributed by atoms with E-state index in [-0.39, 0.29) is 11.5 Å². The number of thioether (sulfide) groups is 1. The minimum absolute atomic E-state index is 0.0681. The molecule has 0 aliphatic heterocycles. The van der Waals surface area contributed by atoms with E-state index in [9.17, 15) is 4.79 Å². The van der Waals surface area contributed by atoms with Gasteiger partial charge in [0.25, 0.3) is 0 Å². The first-order chi connectivity index (χ1) is 12.9. The van der Waals surface area contributed by atoms with E-state index in [1.807, 2.05) is 52.0 Å². The van der Waals surface area contributed by atoms with Crippen molar-refractivity contribution in [2.75, 3.05) is 5.75 Å². The molecular formula is C20H23N5OS. The van der Waals surface area contributed by atoms with Crippen LogP contribution in [0, 0.1) is 27.7 Å². The average molecular weight is 382 g/mol. The quantitative estimate of drug-likeness (QED) is 0.353. The maximum Gasteiger partial charge on any atom is 0.214 e. The van der Waals surface area contributed by atoms with Crippen molar-refractivity contribution >= 4 is 17.5 Å². The fourth-order valence-corrected chi connectivity index (χ4v) is 3.93. The summed E-state index contributed by atoms with van der Waals surface area (Å²) in [6.45, 7) is 12.5. The summed E-state index contributed by atoms with van der Waals surface area (Å²) >= 11 is 1.35. The van der Waals surface area contributed by atoms with Gasteiger partial charge < -0.3 is 4.57 Å². The third-order valence-corrected chi connectivity index (χ3v) is 5.46. The van der Waals surface area contributed by atoms with Crippen LogP contribution in [0.3, 0.4) is 0 Å². The van der Waals surface area contributed by atoms with E-state index >= 15 is 0 Å². The zero-order valence-electron chi connectivity index (χ0n) is 16.1. The minimum atomic E-state index is 0.0681. The number of carbonyl (C=O) groups excluding carboxylic acids is 1. The normalized spacial score (nSPS) is 11.0. The standard InChI is InChI=1S/C20H23N5OS/c1-6-9-24-15(4)11-17(16(24)5)19(26)12-27-20-21-22-23-25(20)18-8-7-13(2)10-14(18)3/h6-8,10-11H,1,9,12H2,2-5H3. The van der Waals surface area contributed by atoms with Gasteiger partial charge in [-0.3, -0.25) is 4.79 Å². The molecule has 0 aliphatic rings. The average Bonchev–Trinajstić information content (AvgIpc) is 3.19. The van der Waals surface area contributed by atoms with Crippen molar-refractivity contribution in [3.8, 4) is 5.69 Å². The van der Waals surface area contributed by atoms with Gasteiger partial charge in [-0.1, -0.05) is 35.5 Å². The highest BCUT2D eigenvalue weighted by Gasteiger charge is 2.18. The molecule has 2 heterocycles. The summed E-state index contributed by atoms with van der Waals surface area (Å²) in [6, 6.07) is 8.05. The molecule has 0 atom stereocenters. The number of hydrogen-bond acceptors (Lipinski definition) is 5. The van der Waals surface area contributed by atoms with Crippen molar-refractivity contribution in [1.82, 2.24) is 24.8 Å². The summed E-state index contributed by atoms with van der Waals surface area (Å²) in [4.78, 5) is 12.8. The number of nitrogens with zero attached hydrogens (tertiary/aromatic N) is 5. The highest BCUT2D eigenvalue weighted by Crippen LogP contribution is 2.23. The van der Waals surface area contributed by atoms with Crippen LogP contribution in [0.1, 0.15) is 32.9 Å². The molecule has 0 fully saturated rings. The third-order valence-electron chi connectivity index (χ3n) is 4.54. The van der Waals surface area contributed by atoms with Crippen LogP contribution in [0.2, 0.25) is 0 Å². The van der Waals surface area contributed by atoms with Gasteiger partial charge in [-0.15, -0.1) is 11.7 Å². The number of carbonyl (C=O) groups is 1. The summed E-state index contributed by atoms with van der Waals surface area (Å²) in [7, 11) is 0. The lowest BCUT2D eigenvalue weighted by Crippen LogP contribution is -2.07. The number of hydrogen-bond donors (Lipinski definition) is 0. The number of benzene rings is 1. The topological polar surface area (TPSA) is 65.6 Å². The van der Waals surface area contributed by atoms with E-state index in [2.05, 4.69) is 32.7 Å². The van der Waals surface area contributed by atoms with Crippen molar-refractivity contribution in [2.24, 2.45) is 0 Å². The molecule has 0 N–H and O–H groups in total. The Morgan fingerprint density at radius 3 is 2.70 bits per heavy atom. The number of aryl methyl sites for hydroxylation is 3. The highest BCUT2D eigenvalue weighted by atomic mass is 32.2. The Balaban J connectivity index is 1.79. The van der Waals surface area contributed by atoms with E-state index < -0.39 is 0 Å². The molecule has 0 bridgehead atoms. The molecule has 3 aromatic rings. The fourth-order valence-electron chi connectivity index (χ4n) is 3.16. The van der Waals surface area contributed by atoms with Crippen molar-refractivity contribution in [3.63, 3.8) is 0 Å². The number of tetrazole rings is 1. The number of Topliss-reactive ketones (excluding diaryl/α,β-unsaturated/α-hetero) is 1. The largest absolute Gasteiger partial charge is 0.345 e. The molecule has 0 amide bonds. The number of rotatable bonds is 7. The molecule has 6 nitrogen and oxygen atoms in total. The molecule has 0 spiro atoms. The lowest BCUT2D eigenvalue weighted by Gasteiger charge is -2.08. The summed E-state index contributed by atoms with van der Waals surface area (Å²) in [5.74, 6) is 0.350. The predicted molar refractivity (Wildman–Crippen MR) is 108 cm³/mol. The SMILES string of the molecule is C=CCn1c(C)cc(C(=O)CSc2nnnn2-c2ccc(C)cc2C)c1C. The minimum Gasteiger partial charge on any atom is -0.345 e. The van der Waals surface area contributed by atoms with Crippen molar-refractivity contribution < 1.29 is 4.79 Å². The number of aromatic nitrogens is 5. The molecular weight excluding hydrogens is 358 g/mol. The number of ketones is 1. The van der Waals surface area contributed by atoms with Crippen LogP contribution in [0.25, 0.3) is 5.69 Å². The molecule has 0 unspecified atom stereocenters. The second kappa shape index (κ2) is 7.92. The molecule has 0 saturated heterocycles. The van der Waals surface area contributed by atoms with Gasteiger partial charge in [0, 0.05) is 23.5 Å². The van der Waals surface area contributed by atoms with Gasteiger partial charge >= 0.3 is 0 Å². The maximum atomic E-state index is 12.8. The zero-order chi connectivity index (χ0) is 19.6. The van der Waals surface area contributed by atoms with Crippen molar-refractivity contribution in [2.45, 2.75) is 39.4 Å². The van der Waals surface area contributed by atoms with Gasteiger partial charge in [-0.25, -0.2) is 0 Å². The van der Waals surface area contributed by atoms with Gasteiger partial charge in [0.1, 0.15) is 0 Å². The lowest BCUT2D eigenvalue weighted by molar-refractivity contribution is 0.102. The summed E-state index contributed by atoms with van der Waals surface area (Å²) < 4.78 is 3.78. The van der Waals surface area contributed by atoms with E-state index in [4.69, 9.17) is 0 Å². The Kier molecular flexibility index (Phi) is 5.60. The van der Waals surface area contributed by atoms with E-state index in [0.717, 1.165) is 28.2 Å². The van der Waals surface area contributed by atoms with Crippen LogP contribution in [-0.4, -0.2) is 36.3 Å². The van der Waals surface area contributed by atoms with Gasteiger partial charge in [0.05, 0.1) is 11.4 Å². The Morgan fingerprint density at radius 1 is 1.22 bits per heavy atom. The first-order valence-corrected chi connectivity index (χ1v) is 9.70. The van der Waals surface area contributed by atoms with Crippen LogP contribution >= 0.6 is 11.8 Å². The molecule has 27 heavy (non-hydrogen) atoms. The maximum absolute atomic E-state index is 12.8. The summed E-state index contributed by atoms with van der Waals surface area (Å²) in [5.41, 5.74) is 5.96. The second-order valence-electron chi connectivity index (χ2n) is 6.56. The predicted octanol–water partition coefficient (Wildman–Crippen LogP) is 3.86. The third kappa shape index (κ3) is 3.88. The van der Waals surface area contributed by atoms with Crippen LogP contribution in [0.5, 0.6) is 0 Å². The van der Waals surface area contributed by atoms with Crippen LogP contribution < -0.4 is 0 Å². The molecule has 2 aromatic heterocycles. The molecule has 0 radical (unpaired) electrons. The van der Waals surface area contributed by atoms with Gasteiger partial charge in [0.2, 0.25) is 5.16 Å². The molecule has 1 aromatic carbocycles. The van der Waals surface area contributed by atoms with Crippen LogP contribution in [0.15, 0.2) is 42.1 Å². The van der Waals surface area contributed by atoms with Crippen LogP contribution in [-0.2, 0) is 6.54 Å². The molecule has 140 valence electrons. The van der Waals surface area contributed by atoms with Gasteiger partial charge in [-0.2, -0.15) is 4.68 Å². The summed E-state index contributed by atoms with van der Waals surface area (Å²) in [5, 5.41) is 12.6. The number of allylic oxidation sites excluding steroid dienone is 1. The van der Waals surface area contributed by atoms with E-state index in [1.165, 1.54) is 17.3 Å². The molecule has 0 aliphatic carbocycles. The zero-order valence-corrected chi connectivity index (χ0v) is 16.9. The first-order valence-electron chi connectivity index (χ1n) is 8.72. The van der Waals surface area contributed by atoms with Crippen molar-refractivity contribution in [3.05, 3.63) is 65.0 Å². The monoisotopic (exact) mass is 381 g/mol. The molecule has 0 saturated carbocycles. The smallest absolute Gasteiger partial charge is 0.214 e. The Labute approximate surface area is 163 Å². The van der Waals surface area contributed by atoms with Gasteiger partial charge in [0.15, 0.2) is 5.78 Å². The molecule has 7 heteroatoms. The Morgan fingerprint density at radius 2 is 2.00 bits per heavy atom. The summed E-state index contributed by atoms with van der Waals surface area (Å²) in [6.07, 6.45) is 1.83.